The lowest BCUT2D eigenvalue weighted by Gasteiger charge is -2.39. The van der Waals surface area contributed by atoms with Crippen molar-refractivity contribution in [2.45, 2.75) is 26.4 Å². The lowest BCUT2D eigenvalue weighted by Crippen LogP contribution is -2.45. The highest BCUT2D eigenvalue weighted by Crippen LogP contribution is 2.36. The Morgan fingerprint density at radius 2 is 2.07 bits per heavy atom. The van der Waals surface area contributed by atoms with E-state index in [9.17, 15) is 0 Å². The van der Waals surface area contributed by atoms with Crippen LogP contribution in [0.15, 0.2) is 18.2 Å². The molecule has 0 aromatic heterocycles. The summed E-state index contributed by atoms with van der Waals surface area (Å²) in [7, 11) is 2.11. The number of aryl methyl sites for hydroxylation is 1. The number of benzene rings is 1. The normalized spacial score (nSPS) is 18.7. The molecule has 0 fully saturated rings. The molecule has 2 rings (SSSR count). The third-order valence-corrected chi connectivity index (χ3v) is 2.53. The topological polar surface area (TPSA) is 12.5 Å². The van der Waals surface area contributed by atoms with Crippen LogP contribution in [0.2, 0.25) is 0 Å². The Labute approximate surface area is 85.5 Å². The first-order valence-corrected chi connectivity index (χ1v) is 4.99. The van der Waals surface area contributed by atoms with Crippen LogP contribution in [0.25, 0.3) is 0 Å². The van der Waals surface area contributed by atoms with Gasteiger partial charge in [0.25, 0.3) is 0 Å². The molecule has 1 aliphatic rings. The average Bonchev–Trinajstić information content (AvgIpc) is 2.00. The fourth-order valence-electron chi connectivity index (χ4n) is 2.00. The monoisotopic (exact) mass is 191 g/mol. The van der Waals surface area contributed by atoms with E-state index in [0.29, 0.717) is 0 Å². The molecule has 1 aliphatic heterocycles. The standard InChI is InChI=1S/C12H17NO/c1-9-5-6-10-11(7-9)14-12(2,3)8-13(10)4/h5-7H,8H2,1-4H3. The van der Waals surface area contributed by atoms with Crippen LogP contribution >= 0.6 is 0 Å². The van der Waals surface area contributed by atoms with Crippen LogP contribution in [0.5, 0.6) is 5.75 Å². The summed E-state index contributed by atoms with van der Waals surface area (Å²) in [5.74, 6) is 1.00. The summed E-state index contributed by atoms with van der Waals surface area (Å²) in [4.78, 5) is 2.25. The lowest BCUT2D eigenvalue weighted by atomic mass is 10.1. The van der Waals surface area contributed by atoms with Crippen molar-refractivity contribution in [1.82, 2.24) is 0 Å². The maximum atomic E-state index is 5.93. The number of rotatable bonds is 0. The average molecular weight is 191 g/mol. The first kappa shape index (κ1) is 9.38. The number of nitrogens with zero attached hydrogens (tertiary/aromatic N) is 1. The van der Waals surface area contributed by atoms with Crippen molar-refractivity contribution in [2.24, 2.45) is 0 Å². The van der Waals surface area contributed by atoms with Gasteiger partial charge in [-0.25, -0.2) is 0 Å². The van der Waals surface area contributed by atoms with Crippen LogP contribution in [-0.2, 0) is 0 Å². The molecular weight excluding hydrogens is 174 g/mol. The molecule has 0 unspecified atom stereocenters. The van der Waals surface area contributed by atoms with Crippen LogP contribution in [0.1, 0.15) is 19.4 Å². The van der Waals surface area contributed by atoms with Gasteiger partial charge in [0, 0.05) is 7.05 Å². The summed E-state index contributed by atoms with van der Waals surface area (Å²) in [6.07, 6.45) is 0. The van der Waals surface area contributed by atoms with Crippen molar-refractivity contribution in [3.05, 3.63) is 23.8 Å². The van der Waals surface area contributed by atoms with Crippen LogP contribution < -0.4 is 9.64 Å². The Morgan fingerprint density at radius 1 is 1.36 bits per heavy atom. The summed E-state index contributed by atoms with van der Waals surface area (Å²) < 4.78 is 5.93. The van der Waals surface area contributed by atoms with E-state index < -0.39 is 0 Å². The summed E-state index contributed by atoms with van der Waals surface area (Å²) in [5, 5.41) is 0. The maximum Gasteiger partial charge on any atom is 0.143 e. The predicted molar refractivity (Wildman–Crippen MR) is 59.2 cm³/mol. The third kappa shape index (κ3) is 1.57. The van der Waals surface area contributed by atoms with Crippen LogP contribution in [0.4, 0.5) is 5.69 Å². The Morgan fingerprint density at radius 3 is 2.79 bits per heavy atom. The fourth-order valence-corrected chi connectivity index (χ4v) is 2.00. The predicted octanol–water partition coefficient (Wildman–Crippen LogP) is 2.60. The largest absolute Gasteiger partial charge is 0.484 e. The van der Waals surface area contributed by atoms with Gasteiger partial charge in [0.2, 0.25) is 0 Å². The highest BCUT2D eigenvalue weighted by atomic mass is 16.5. The van der Waals surface area contributed by atoms with Crippen molar-refractivity contribution in [3.8, 4) is 5.75 Å². The molecule has 1 aromatic carbocycles. The molecular formula is C12H17NO. The fraction of sp³-hybridized carbons (Fsp3) is 0.500. The smallest absolute Gasteiger partial charge is 0.143 e. The molecule has 1 aromatic rings. The molecule has 0 spiro atoms. The SMILES string of the molecule is Cc1ccc2c(c1)OC(C)(C)CN2C. The minimum absolute atomic E-state index is 0.0878. The molecule has 0 radical (unpaired) electrons. The first-order chi connectivity index (χ1) is 6.48. The number of fused-ring (bicyclic) bond motifs is 1. The van der Waals surface area contributed by atoms with Crippen LogP contribution in [0, 0.1) is 6.92 Å². The van der Waals surface area contributed by atoms with Crippen molar-refractivity contribution in [1.29, 1.82) is 0 Å². The molecule has 0 atom stereocenters. The van der Waals surface area contributed by atoms with E-state index in [4.69, 9.17) is 4.74 Å². The zero-order valence-electron chi connectivity index (χ0n) is 9.29. The second kappa shape index (κ2) is 2.91. The summed E-state index contributed by atoms with van der Waals surface area (Å²) >= 11 is 0. The van der Waals surface area contributed by atoms with Crippen molar-refractivity contribution >= 4 is 5.69 Å². The van der Waals surface area contributed by atoms with E-state index in [1.165, 1.54) is 11.3 Å². The van der Waals surface area contributed by atoms with Gasteiger partial charge in [0.1, 0.15) is 11.4 Å². The van der Waals surface area contributed by atoms with E-state index in [0.717, 1.165) is 12.3 Å². The molecule has 0 bridgehead atoms. The van der Waals surface area contributed by atoms with Gasteiger partial charge in [0.05, 0.1) is 12.2 Å². The number of hydrogen-bond acceptors (Lipinski definition) is 2. The zero-order valence-corrected chi connectivity index (χ0v) is 9.29. The summed E-state index contributed by atoms with van der Waals surface area (Å²) in [6, 6.07) is 6.35. The second-order valence-corrected chi connectivity index (χ2v) is 4.69. The van der Waals surface area contributed by atoms with E-state index in [2.05, 4.69) is 50.9 Å². The number of anilines is 1. The van der Waals surface area contributed by atoms with E-state index in [-0.39, 0.29) is 5.60 Å². The van der Waals surface area contributed by atoms with Gasteiger partial charge >= 0.3 is 0 Å². The molecule has 14 heavy (non-hydrogen) atoms. The molecule has 0 saturated carbocycles. The molecule has 0 amide bonds. The minimum atomic E-state index is -0.0878. The molecule has 0 saturated heterocycles. The first-order valence-electron chi connectivity index (χ1n) is 4.99. The van der Waals surface area contributed by atoms with Gasteiger partial charge in [-0.1, -0.05) is 6.07 Å². The van der Waals surface area contributed by atoms with Crippen LogP contribution in [0.3, 0.4) is 0 Å². The van der Waals surface area contributed by atoms with Gasteiger partial charge in [-0.15, -0.1) is 0 Å². The van der Waals surface area contributed by atoms with Crippen molar-refractivity contribution in [3.63, 3.8) is 0 Å². The van der Waals surface area contributed by atoms with E-state index in [1.807, 2.05) is 0 Å². The minimum Gasteiger partial charge on any atom is -0.484 e. The number of likely N-dealkylation sites (N-methyl/N-ethyl adjacent to an activating group) is 1. The Balaban J connectivity index is 2.46. The highest BCUT2D eigenvalue weighted by molar-refractivity contribution is 5.61. The Bertz CT molecular complexity index is 357. The summed E-state index contributed by atoms with van der Waals surface area (Å²) in [5.41, 5.74) is 2.35. The molecule has 2 nitrogen and oxygen atoms in total. The van der Waals surface area contributed by atoms with Gasteiger partial charge < -0.3 is 9.64 Å². The van der Waals surface area contributed by atoms with Crippen molar-refractivity contribution < 1.29 is 4.74 Å². The molecule has 0 N–H and O–H groups in total. The summed E-state index contributed by atoms with van der Waals surface area (Å²) in [6.45, 7) is 7.26. The Hall–Kier alpha value is -1.18. The van der Waals surface area contributed by atoms with Gasteiger partial charge in [0.15, 0.2) is 0 Å². The maximum absolute atomic E-state index is 5.93. The third-order valence-electron chi connectivity index (χ3n) is 2.53. The van der Waals surface area contributed by atoms with Gasteiger partial charge in [-0.05, 0) is 38.5 Å². The second-order valence-electron chi connectivity index (χ2n) is 4.69. The molecule has 0 aliphatic carbocycles. The van der Waals surface area contributed by atoms with Gasteiger partial charge in [-0.2, -0.15) is 0 Å². The van der Waals surface area contributed by atoms with E-state index >= 15 is 0 Å². The number of hydrogen-bond donors (Lipinski definition) is 0. The Kier molecular flexibility index (Phi) is 1.95. The molecule has 1 heterocycles. The molecule has 2 heteroatoms. The zero-order chi connectivity index (χ0) is 10.3. The molecule has 76 valence electrons. The van der Waals surface area contributed by atoms with Crippen molar-refractivity contribution in [2.75, 3.05) is 18.5 Å². The van der Waals surface area contributed by atoms with E-state index in [1.54, 1.807) is 0 Å². The lowest BCUT2D eigenvalue weighted by molar-refractivity contribution is 0.107. The van der Waals surface area contributed by atoms with Crippen LogP contribution in [-0.4, -0.2) is 19.2 Å². The highest BCUT2D eigenvalue weighted by Gasteiger charge is 2.29. The number of ether oxygens (including phenoxy) is 1. The quantitative estimate of drug-likeness (QED) is 0.625. The van der Waals surface area contributed by atoms with Gasteiger partial charge in [-0.3, -0.25) is 0 Å².